The Hall–Kier alpha value is -0.240. The molecule has 4 N–H and O–H groups in total. The molecule has 0 aromatic rings. The van der Waals surface area contributed by atoms with E-state index in [4.69, 9.17) is 0 Å². The summed E-state index contributed by atoms with van der Waals surface area (Å²) in [6.45, 7) is 11.9. The van der Waals surface area contributed by atoms with Crippen LogP contribution in [0.1, 0.15) is 48.0 Å². The van der Waals surface area contributed by atoms with Gasteiger partial charge in [0.2, 0.25) is 0 Å². The van der Waals surface area contributed by atoms with Gasteiger partial charge in [-0.3, -0.25) is 0 Å². The number of aliphatic hydroxyl groups excluding tert-OH is 4. The van der Waals surface area contributed by atoms with Crippen LogP contribution in [-0.4, -0.2) is 67.2 Å². The van der Waals surface area contributed by atoms with Gasteiger partial charge < -0.3 is 20.4 Å². The van der Waals surface area contributed by atoms with Crippen LogP contribution in [0, 0.1) is 5.41 Å². The molecular weight excluding hydrogens is 260 g/mol. The van der Waals surface area contributed by atoms with E-state index in [1.165, 1.54) is 9.80 Å². The monoisotopic (exact) mass is 290 g/mol. The van der Waals surface area contributed by atoms with Gasteiger partial charge in [0, 0.05) is 12.1 Å². The Morgan fingerprint density at radius 3 is 1.50 bits per heavy atom. The van der Waals surface area contributed by atoms with E-state index in [-0.39, 0.29) is 5.41 Å². The maximum atomic E-state index is 10.3. The lowest BCUT2D eigenvalue weighted by atomic mass is 9.93. The highest BCUT2D eigenvalue weighted by Gasteiger charge is 2.50. The number of rotatable bonds is 3. The summed E-state index contributed by atoms with van der Waals surface area (Å²) in [5.74, 6) is 0. The van der Waals surface area contributed by atoms with Crippen LogP contribution in [0.3, 0.4) is 0 Å². The van der Waals surface area contributed by atoms with E-state index in [2.05, 4.69) is 0 Å². The van der Waals surface area contributed by atoms with Crippen LogP contribution in [0.25, 0.3) is 0 Å². The average Bonchev–Trinajstić information content (AvgIpc) is 2.31. The lowest BCUT2D eigenvalue weighted by Crippen LogP contribution is -2.73. The van der Waals surface area contributed by atoms with E-state index in [1.807, 2.05) is 41.5 Å². The highest BCUT2D eigenvalue weighted by molar-refractivity contribution is 4.93. The van der Waals surface area contributed by atoms with E-state index >= 15 is 0 Å². The second-order valence-corrected chi connectivity index (χ2v) is 7.46. The second-order valence-electron chi connectivity index (χ2n) is 7.46. The van der Waals surface area contributed by atoms with Gasteiger partial charge in [-0.25, -0.2) is 9.80 Å². The van der Waals surface area contributed by atoms with Crippen molar-refractivity contribution in [2.24, 2.45) is 5.41 Å². The molecular formula is C14H30N2O4. The summed E-state index contributed by atoms with van der Waals surface area (Å²) >= 11 is 0. The summed E-state index contributed by atoms with van der Waals surface area (Å²) in [7, 11) is 0. The molecule has 4 unspecified atom stereocenters. The number of piperazine rings is 1. The summed E-state index contributed by atoms with van der Waals surface area (Å²) in [6, 6.07) is 0. The molecule has 1 aliphatic rings. The lowest BCUT2D eigenvalue weighted by Gasteiger charge is -2.54. The van der Waals surface area contributed by atoms with Gasteiger partial charge in [0.25, 0.3) is 0 Å². The predicted octanol–water partition coefficient (Wildman–Crippen LogP) is 0.112. The molecule has 0 saturated carbocycles. The molecule has 20 heavy (non-hydrogen) atoms. The standard InChI is InChI=1S/C14H30N2O4/c1-7-14(5,6)16-11(19)9(17)15(8-13(2,3)4)10(18)12(16)20/h9-12,17-20H,7-8H2,1-6H3. The Morgan fingerprint density at radius 2 is 1.20 bits per heavy atom. The Bertz CT molecular complexity index is 314. The molecule has 1 rings (SSSR count). The van der Waals surface area contributed by atoms with Crippen LogP contribution in [-0.2, 0) is 0 Å². The summed E-state index contributed by atoms with van der Waals surface area (Å²) in [5.41, 5.74) is -0.710. The molecule has 0 radical (unpaired) electrons. The van der Waals surface area contributed by atoms with Crippen LogP contribution in [0.4, 0.5) is 0 Å². The molecule has 120 valence electrons. The predicted molar refractivity (Wildman–Crippen MR) is 76.4 cm³/mol. The average molecular weight is 290 g/mol. The first-order valence-corrected chi connectivity index (χ1v) is 7.19. The quantitative estimate of drug-likeness (QED) is 0.590. The molecule has 1 saturated heterocycles. The Labute approximate surface area is 121 Å². The SMILES string of the molecule is CCC(C)(C)N1C(O)C(O)N(CC(C)(C)C)C(O)C1O. The lowest BCUT2D eigenvalue weighted by molar-refractivity contribution is -0.320. The van der Waals surface area contributed by atoms with Crippen molar-refractivity contribution in [3.63, 3.8) is 0 Å². The van der Waals surface area contributed by atoms with Gasteiger partial charge in [0.05, 0.1) is 0 Å². The molecule has 1 heterocycles. The van der Waals surface area contributed by atoms with Crippen molar-refractivity contribution in [1.29, 1.82) is 0 Å². The van der Waals surface area contributed by atoms with Crippen molar-refractivity contribution in [1.82, 2.24) is 9.80 Å². The third-order valence-electron chi connectivity index (χ3n) is 4.00. The summed E-state index contributed by atoms with van der Waals surface area (Å²) in [6.07, 6.45) is -4.30. The third kappa shape index (κ3) is 3.50. The largest absolute Gasteiger partial charge is 0.374 e. The molecule has 6 nitrogen and oxygen atoms in total. The fourth-order valence-electron chi connectivity index (χ4n) is 2.58. The van der Waals surface area contributed by atoms with E-state index in [0.29, 0.717) is 13.0 Å². The highest BCUT2D eigenvalue weighted by atomic mass is 16.4. The first-order chi connectivity index (χ1) is 8.92. The van der Waals surface area contributed by atoms with E-state index < -0.39 is 30.5 Å². The number of hydrogen-bond acceptors (Lipinski definition) is 6. The first kappa shape index (κ1) is 17.8. The minimum Gasteiger partial charge on any atom is -0.374 e. The van der Waals surface area contributed by atoms with Crippen molar-refractivity contribution in [2.45, 2.75) is 78.4 Å². The fourth-order valence-corrected chi connectivity index (χ4v) is 2.58. The molecule has 0 amide bonds. The number of aliphatic hydroxyl groups is 4. The highest BCUT2D eigenvalue weighted by Crippen LogP contribution is 2.32. The molecule has 1 fully saturated rings. The summed E-state index contributed by atoms with van der Waals surface area (Å²) < 4.78 is 0. The van der Waals surface area contributed by atoms with Crippen LogP contribution in [0.15, 0.2) is 0 Å². The molecule has 0 aromatic carbocycles. The maximum Gasteiger partial charge on any atom is 0.149 e. The molecule has 1 aliphatic heterocycles. The smallest absolute Gasteiger partial charge is 0.149 e. The van der Waals surface area contributed by atoms with E-state index in [0.717, 1.165) is 0 Å². The number of hydrogen-bond donors (Lipinski definition) is 4. The Morgan fingerprint density at radius 1 is 0.800 bits per heavy atom. The van der Waals surface area contributed by atoms with Crippen LogP contribution < -0.4 is 0 Å². The van der Waals surface area contributed by atoms with Crippen molar-refractivity contribution >= 4 is 0 Å². The molecule has 0 spiro atoms. The topological polar surface area (TPSA) is 87.4 Å². The summed E-state index contributed by atoms with van der Waals surface area (Å²) in [4.78, 5) is 2.72. The van der Waals surface area contributed by atoms with Crippen molar-refractivity contribution in [3.05, 3.63) is 0 Å². The fraction of sp³-hybridized carbons (Fsp3) is 1.00. The normalized spacial score (nSPS) is 34.5. The molecule has 4 atom stereocenters. The first-order valence-electron chi connectivity index (χ1n) is 7.19. The Balaban J connectivity index is 3.02. The third-order valence-corrected chi connectivity index (χ3v) is 4.00. The van der Waals surface area contributed by atoms with Crippen LogP contribution in [0.2, 0.25) is 0 Å². The number of nitrogens with zero attached hydrogens (tertiary/aromatic N) is 2. The van der Waals surface area contributed by atoms with Gasteiger partial charge in [-0.05, 0) is 25.7 Å². The van der Waals surface area contributed by atoms with Gasteiger partial charge >= 0.3 is 0 Å². The maximum absolute atomic E-state index is 10.3. The van der Waals surface area contributed by atoms with Gasteiger partial charge in [-0.15, -0.1) is 0 Å². The minimum atomic E-state index is -1.24. The van der Waals surface area contributed by atoms with Gasteiger partial charge in [0.1, 0.15) is 24.9 Å². The zero-order valence-electron chi connectivity index (χ0n) is 13.4. The Kier molecular flexibility index (Phi) is 5.22. The van der Waals surface area contributed by atoms with Crippen LogP contribution >= 0.6 is 0 Å². The van der Waals surface area contributed by atoms with E-state index in [1.54, 1.807) is 0 Å². The van der Waals surface area contributed by atoms with Gasteiger partial charge in [0.15, 0.2) is 0 Å². The molecule has 0 aromatic heterocycles. The van der Waals surface area contributed by atoms with Crippen molar-refractivity contribution in [2.75, 3.05) is 6.54 Å². The molecule has 0 aliphatic carbocycles. The van der Waals surface area contributed by atoms with Crippen molar-refractivity contribution < 1.29 is 20.4 Å². The zero-order chi connectivity index (χ0) is 15.9. The van der Waals surface area contributed by atoms with Gasteiger partial charge in [-0.1, -0.05) is 27.7 Å². The summed E-state index contributed by atoms with van der Waals surface area (Å²) in [5, 5.41) is 41.2. The molecule has 6 heteroatoms. The van der Waals surface area contributed by atoms with E-state index in [9.17, 15) is 20.4 Å². The second kappa shape index (κ2) is 5.87. The van der Waals surface area contributed by atoms with Crippen LogP contribution in [0.5, 0.6) is 0 Å². The minimum absolute atomic E-state index is 0.177. The zero-order valence-corrected chi connectivity index (χ0v) is 13.4. The van der Waals surface area contributed by atoms with Crippen molar-refractivity contribution in [3.8, 4) is 0 Å². The van der Waals surface area contributed by atoms with Gasteiger partial charge in [-0.2, -0.15) is 0 Å². The molecule has 0 bridgehead atoms.